The first-order valence-electron chi connectivity index (χ1n) is 9.06. The molecule has 9 nitrogen and oxygen atoms in total. The van der Waals surface area contributed by atoms with Gasteiger partial charge in [0.25, 0.3) is 23.6 Å². The molecule has 0 saturated carbocycles. The van der Waals surface area contributed by atoms with Crippen LogP contribution < -0.4 is 10.8 Å². The van der Waals surface area contributed by atoms with Crippen LogP contribution in [0.4, 0.5) is 0 Å². The van der Waals surface area contributed by atoms with Gasteiger partial charge in [0.1, 0.15) is 0 Å². The number of nitrogens with one attached hydrogen (secondary N) is 2. The van der Waals surface area contributed by atoms with Gasteiger partial charge in [-0.1, -0.05) is 24.3 Å². The maximum absolute atomic E-state index is 12.7. The first-order chi connectivity index (χ1) is 14.2. The minimum atomic E-state index is -1.52. The van der Waals surface area contributed by atoms with Crippen LogP contribution in [0.2, 0.25) is 0 Å². The van der Waals surface area contributed by atoms with E-state index in [1.54, 1.807) is 50.5 Å². The molecule has 0 heterocycles. The minimum absolute atomic E-state index is 0.0943. The van der Waals surface area contributed by atoms with E-state index in [9.17, 15) is 19.2 Å². The SMILES string of the molecule is CNC(=O)C(C(=O)NO)N(C)C(=O)c1ccc(-c2ccc(C(=O)N(C)C)cc2)cc1. The summed E-state index contributed by atoms with van der Waals surface area (Å²) >= 11 is 0. The van der Waals surface area contributed by atoms with Crippen molar-refractivity contribution in [3.05, 3.63) is 59.7 Å². The van der Waals surface area contributed by atoms with Gasteiger partial charge in [-0.2, -0.15) is 0 Å². The zero-order chi connectivity index (χ0) is 22.4. The Morgan fingerprint density at radius 2 is 1.20 bits per heavy atom. The van der Waals surface area contributed by atoms with Crippen LogP contribution in [-0.4, -0.2) is 72.9 Å². The summed E-state index contributed by atoms with van der Waals surface area (Å²) < 4.78 is 0. The third kappa shape index (κ3) is 4.81. The molecule has 30 heavy (non-hydrogen) atoms. The summed E-state index contributed by atoms with van der Waals surface area (Å²) in [5, 5.41) is 11.1. The predicted molar refractivity (Wildman–Crippen MR) is 110 cm³/mol. The number of likely N-dealkylation sites (N-methyl/N-ethyl adjacent to an activating group) is 2. The highest BCUT2D eigenvalue weighted by Crippen LogP contribution is 2.21. The molecule has 2 aromatic rings. The molecule has 0 radical (unpaired) electrons. The monoisotopic (exact) mass is 412 g/mol. The molecule has 1 atom stereocenters. The van der Waals surface area contributed by atoms with Crippen molar-refractivity contribution >= 4 is 23.6 Å². The lowest BCUT2D eigenvalue weighted by molar-refractivity contribution is -0.140. The third-order valence-electron chi connectivity index (χ3n) is 4.56. The summed E-state index contributed by atoms with van der Waals surface area (Å²) in [5.74, 6) is -2.41. The summed E-state index contributed by atoms with van der Waals surface area (Å²) in [6, 6.07) is 12.2. The fourth-order valence-corrected chi connectivity index (χ4v) is 2.86. The Labute approximate surface area is 174 Å². The third-order valence-corrected chi connectivity index (χ3v) is 4.56. The van der Waals surface area contributed by atoms with Crippen LogP contribution in [0.15, 0.2) is 48.5 Å². The molecule has 2 rings (SSSR count). The number of rotatable bonds is 6. The van der Waals surface area contributed by atoms with Crippen molar-refractivity contribution in [2.45, 2.75) is 6.04 Å². The van der Waals surface area contributed by atoms with Crippen molar-refractivity contribution in [3.63, 3.8) is 0 Å². The van der Waals surface area contributed by atoms with Crippen molar-refractivity contribution in [2.75, 3.05) is 28.2 Å². The second kappa shape index (κ2) is 9.66. The smallest absolute Gasteiger partial charge is 0.275 e. The summed E-state index contributed by atoms with van der Waals surface area (Å²) in [7, 11) is 5.99. The molecule has 0 aliphatic rings. The van der Waals surface area contributed by atoms with Crippen LogP contribution in [0.5, 0.6) is 0 Å². The van der Waals surface area contributed by atoms with E-state index in [4.69, 9.17) is 5.21 Å². The van der Waals surface area contributed by atoms with E-state index in [0.717, 1.165) is 16.0 Å². The topological polar surface area (TPSA) is 119 Å². The normalized spacial score (nSPS) is 11.2. The quantitative estimate of drug-likeness (QED) is 0.367. The van der Waals surface area contributed by atoms with E-state index in [2.05, 4.69) is 5.32 Å². The number of hydrogen-bond acceptors (Lipinski definition) is 5. The van der Waals surface area contributed by atoms with Gasteiger partial charge < -0.3 is 15.1 Å². The van der Waals surface area contributed by atoms with Crippen LogP contribution >= 0.6 is 0 Å². The number of benzene rings is 2. The average molecular weight is 412 g/mol. The Morgan fingerprint density at radius 1 is 0.767 bits per heavy atom. The van der Waals surface area contributed by atoms with Gasteiger partial charge in [0.2, 0.25) is 0 Å². The summed E-state index contributed by atoms with van der Waals surface area (Å²) in [6.07, 6.45) is 0. The molecule has 0 spiro atoms. The number of nitrogens with zero attached hydrogens (tertiary/aromatic N) is 2. The molecule has 3 N–H and O–H groups in total. The van der Waals surface area contributed by atoms with Gasteiger partial charge in [0, 0.05) is 39.3 Å². The average Bonchev–Trinajstić information content (AvgIpc) is 2.77. The summed E-state index contributed by atoms with van der Waals surface area (Å²) in [4.78, 5) is 50.9. The van der Waals surface area contributed by atoms with E-state index >= 15 is 0 Å². The molecular formula is C21H24N4O5. The van der Waals surface area contributed by atoms with E-state index in [1.165, 1.54) is 24.5 Å². The molecule has 0 fully saturated rings. The molecule has 0 saturated heterocycles. The van der Waals surface area contributed by atoms with Crippen molar-refractivity contribution in [3.8, 4) is 11.1 Å². The maximum atomic E-state index is 12.7. The van der Waals surface area contributed by atoms with Crippen LogP contribution in [0.3, 0.4) is 0 Å². The minimum Gasteiger partial charge on any atom is -0.357 e. The standard InChI is InChI=1S/C21H24N4O5/c1-22-18(26)17(19(27)23-30)25(4)21(29)16-11-7-14(8-12-16)13-5-9-15(10-6-13)20(28)24(2)3/h5-12,17,30H,1-4H3,(H,22,26)(H,23,27). The molecule has 0 bridgehead atoms. The van der Waals surface area contributed by atoms with Crippen LogP contribution in [0.25, 0.3) is 11.1 Å². The van der Waals surface area contributed by atoms with Gasteiger partial charge >= 0.3 is 0 Å². The Balaban J connectivity index is 2.22. The molecular weight excluding hydrogens is 388 g/mol. The predicted octanol–water partition coefficient (Wildman–Crippen LogP) is 0.747. The second-order valence-corrected chi connectivity index (χ2v) is 6.76. The van der Waals surface area contributed by atoms with Crippen LogP contribution in [0.1, 0.15) is 20.7 Å². The number of carbonyl (C=O) groups is 4. The van der Waals surface area contributed by atoms with Crippen LogP contribution in [0, 0.1) is 0 Å². The maximum Gasteiger partial charge on any atom is 0.275 e. The van der Waals surface area contributed by atoms with E-state index in [0.29, 0.717) is 5.56 Å². The van der Waals surface area contributed by atoms with Gasteiger partial charge in [-0.15, -0.1) is 0 Å². The molecule has 0 aromatic heterocycles. The first-order valence-corrected chi connectivity index (χ1v) is 9.06. The zero-order valence-corrected chi connectivity index (χ0v) is 17.2. The lowest BCUT2D eigenvalue weighted by atomic mass is 10.0. The lowest BCUT2D eigenvalue weighted by Gasteiger charge is -2.25. The first kappa shape index (κ1) is 22.6. The zero-order valence-electron chi connectivity index (χ0n) is 17.2. The Kier molecular flexibility index (Phi) is 7.27. The lowest BCUT2D eigenvalue weighted by Crippen LogP contribution is -2.54. The van der Waals surface area contributed by atoms with Crippen molar-refractivity contribution in [1.82, 2.24) is 20.6 Å². The number of amides is 4. The highest BCUT2D eigenvalue weighted by Gasteiger charge is 2.33. The fraction of sp³-hybridized carbons (Fsp3) is 0.238. The number of carbonyl (C=O) groups excluding carboxylic acids is 4. The molecule has 158 valence electrons. The van der Waals surface area contributed by atoms with Gasteiger partial charge in [-0.3, -0.25) is 24.4 Å². The Morgan fingerprint density at radius 3 is 1.57 bits per heavy atom. The highest BCUT2D eigenvalue weighted by molar-refractivity contribution is 6.08. The summed E-state index contributed by atoms with van der Waals surface area (Å²) in [5.41, 5.74) is 3.92. The molecule has 0 aliphatic heterocycles. The molecule has 2 aromatic carbocycles. The molecule has 0 aliphatic carbocycles. The van der Waals surface area contributed by atoms with E-state index in [-0.39, 0.29) is 11.5 Å². The highest BCUT2D eigenvalue weighted by atomic mass is 16.5. The largest absolute Gasteiger partial charge is 0.357 e. The fourth-order valence-electron chi connectivity index (χ4n) is 2.86. The Hall–Kier alpha value is -3.72. The molecule has 4 amide bonds. The van der Waals surface area contributed by atoms with Gasteiger partial charge in [0.05, 0.1) is 0 Å². The summed E-state index contributed by atoms with van der Waals surface area (Å²) in [6.45, 7) is 0. The van der Waals surface area contributed by atoms with Gasteiger partial charge in [-0.05, 0) is 35.4 Å². The van der Waals surface area contributed by atoms with Crippen molar-refractivity contribution < 1.29 is 24.4 Å². The van der Waals surface area contributed by atoms with E-state index < -0.39 is 23.8 Å². The van der Waals surface area contributed by atoms with Crippen LogP contribution in [-0.2, 0) is 9.59 Å². The van der Waals surface area contributed by atoms with Gasteiger partial charge in [0.15, 0.2) is 6.04 Å². The second-order valence-electron chi connectivity index (χ2n) is 6.76. The molecule has 9 heteroatoms. The van der Waals surface area contributed by atoms with Crippen molar-refractivity contribution in [1.29, 1.82) is 0 Å². The molecule has 1 unspecified atom stereocenters. The van der Waals surface area contributed by atoms with Crippen molar-refractivity contribution in [2.24, 2.45) is 0 Å². The number of hydroxylamine groups is 1. The Bertz CT molecular complexity index is 923. The van der Waals surface area contributed by atoms with Gasteiger partial charge in [-0.25, -0.2) is 5.48 Å². The van der Waals surface area contributed by atoms with E-state index in [1.807, 2.05) is 12.1 Å². The number of hydrogen-bond donors (Lipinski definition) is 3.